The van der Waals surface area contributed by atoms with Gasteiger partial charge in [0.1, 0.15) is 17.0 Å². The fraction of sp³-hybridized carbons (Fsp3) is 0.231. The summed E-state index contributed by atoms with van der Waals surface area (Å²) in [7, 11) is -2.29. The Hall–Kier alpha value is -1.70. The summed E-state index contributed by atoms with van der Waals surface area (Å²) in [6.45, 7) is 0.462. The number of fused-ring (bicyclic) bond motifs is 1. The highest BCUT2D eigenvalue weighted by atomic mass is 35.5. The molecule has 0 unspecified atom stereocenters. The molecule has 6 nitrogen and oxygen atoms in total. The number of aromatic nitrogens is 2. The van der Waals surface area contributed by atoms with E-state index in [0.29, 0.717) is 5.02 Å². The van der Waals surface area contributed by atoms with Crippen LogP contribution in [0.2, 0.25) is 5.02 Å². The maximum atomic E-state index is 12.8. The van der Waals surface area contributed by atoms with Gasteiger partial charge in [-0.2, -0.15) is 4.31 Å². The van der Waals surface area contributed by atoms with Gasteiger partial charge in [-0.1, -0.05) is 11.6 Å². The molecule has 0 saturated carbocycles. The fourth-order valence-corrected chi connectivity index (χ4v) is 4.03. The molecular weight excluding hydrogens is 314 g/mol. The first kappa shape index (κ1) is 14.2. The van der Waals surface area contributed by atoms with Gasteiger partial charge in [-0.15, -0.1) is 0 Å². The number of nitrogens with zero attached hydrogens (tertiary/aromatic N) is 3. The van der Waals surface area contributed by atoms with Crippen LogP contribution in [0.3, 0.4) is 0 Å². The van der Waals surface area contributed by atoms with Crippen LogP contribution in [0.5, 0.6) is 5.75 Å². The van der Waals surface area contributed by atoms with E-state index in [-0.39, 0.29) is 23.7 Å². The minimum atomic E-state index is -3.72. The van der Waals surface area contributed by atoms with Crippen LogP contribution in [0, 0.1) is 0 Å². The van der Waals surface area contributed by atoms with Gasteiger partial charge in [-0.05, 0) is 18.2 Å². The zero-order valence-corrected chi connectivity index (χ0v) is 12.7. The average Bonchev–Trinajstić information content (AvgIpc) is 2.92. The van der Waals surface area contributed by atoms with Crippen LogP contribution in [0.1, 0.15) is 11.3 Å². The van der Waals surface area contributed by atoms with Crippen molar-refractivity contribution in [3.8, 4) is 5.75 Å². The molecule has 0 radical (unpaired) electrons. The van der Waals surface area contributed by atoms with Crippen molar-refractivity contribution >= 4 is 21.6 Å². The highest BCUT2D eigenvalue weighted by molar-refractivity contribution is 7.89. The molecular formula is C13H12ClN3O3S. The highest BCUT2D eigenvalue weighted by Crippen LogP contribution is 2.33. The second-order valence-corrected chi connectivity index (χ2v) is 6.91. The van der Waals surface area contributed by atoms with E-state index in [2.05, 4.69) is 9.97 Å². The highest BCUT2D eigenvalue weighted by Gasteiger charge is 2.33. The Balaban J connectivity index is 2.02. The molecule has 8 heteroatoms. The number of benzene rings is 1. The third kappa shape index (κ3) is 2.48. The molecule has 0 spiro atoms. The predicted molar refractivity (Wildman–Crippen MR) is 76.5 cm³/mol. The molecule has 0 N–H and O–H groups in total. The first-order valence-corrected chi connectivity index (χ1v) is 7.95. The standard InChI is InChI=1S/C13H12ClN3O3S/c1-20-12-3-2-10(14)4-13(12)21(18,19)17-6-9-5-15-8-16-11(9)7-17/h2-5,8H,6-7H2,1H3. The van der Waals surface area contributed by atoms with Crippen LogP contribution < -0.4 is 4.74 Å². The van der Waals surface area contributed by atoms with E-state index in [1.807, 2.05) is 0 Å². The summed E-state index contributed by atoms with van der Waals surface area (Å²) in [5, 5.41) is 0.339. The summed E-state index contributed by atoms with van der Waals surface area (Å²) in [4.78, 5) is 8.07. The van der Waals surface area contributed by atoms with Gasteiger partial charge in [0.25, 0.3) is 0 Å². The number of methoxy groups -OCH3 is 1. The van der Waals surface area contributed by atoms with Crippen LogP contribution in [0.15, 0.2) is 35.6 Å². The second kappa shape index (κ2) is 5.25. The smallest absolute Gasteiger partial charge is 0.247 e. The third-order valence-corrected chi connectivity index (χ3v) is 5.35. The Morgan fingerprint density at radius 1 is 1.33 bits per heavy atom. The molecule has 1 aliphatic rings. The molecule has 0 fully saturated rings. The molecule has 2 heterocycles. The third-order valence-electron chi connectivity index (χ3n) is 3.30. The molecule has 0 aliphatic carbocycles. The molecule has 0 atom stereocenters. The lowest BCUT2D eigenvalue weighted by molar-refractivity contribution is 0.392. The van der Waals surface area contributed by atoms with Crippen LogP contribution in [-0.2, 0) is 23.1 Å². The molecule has 1 aliphatic heterocycles. The molecule has 1 aromatic carbocycles. The van der Waals surface area contributed by atoms with Crippen molar-refractivity contribution in [3.05, 3.63) is 47.0 Å². The summed E-state index contributed by atoms with van der Waals surface area (Å²) in [6.07, 6.45) is 3.04. The van der Waals surface area contributed by atoms with Gasteiger partial charge in [0, 0.05) is 23.3 Å². The van der Waals surface area contributed by atoms with Crippen molar-refractivity contribution in [2.24, 2.45) is 0 Å². The first-order chi connectivity index (χ1) is 10.0. The predicted octanol–water partition coefficient (Wildman–Crippen LogP) is 1.84. The maximum absolute atomic E-state index is 12.8. The molecule has 21 heavy (non-hydrogen) atoms. The quantitative estimate of drug-likeness (QED) is 0.861. The van der Waals surface area contributed by atoms with Gasteiger partial charge in [0.15, 0.2) is 0 Å². The monoisotopic (exact) mass is 325 g/mol. The van der Waals surface area contributed by atoms with E-state index >= 15 is 0 Å². The van der Waals surface area contributed by atoms with Crippen LogP contribution >= 0.6 is 11.6 Å². The second-order valence-electron chi connectivity index (χ2n) is 4.56. The molecule has 3 rings (SSSR count). The summed E-state index contributed by atoms with van der Waals surface area (Å²) < 4.78 is 32.0. The first-order valence-electron chi connectivity index (χ1n) is 6.14. The van der Waals surface area contributed by atoms with E-state index in [1.54, 1.807) is 12.3 Å². The van der Waals surface area contributed by atoms with Crippen molar-refractivity contribution in [1.82, 2.24) is 14.3 Å². The number of rotatable bonds is 3. The molecule has 110 valence electrons. The van der Waals surface area contributed by atoms with Gasteiger partial charge in [-0.25, -0.2) is 18.4 Å². The Kier molecular flexibility index (Phi) is 3.56. The molecule has 1 aromatic heterocycles. The minimum Gasteiger partial charge on any atom is -0.495 e. The SMILES string of the molecule is COc1ccc(Cl)cc1S(=O)(=O)N1Cc2cncnc2C1. The summed E-state index contributed by atoms with van der Waals surface area (Å²) in [5.74, 6) is 0.265. The minimum absolute atomic E-state index is 0.0539. The van der Waals surface area contributed by atoms with E-state index in [9.17, 15) is 8.42 Å². The number of hydrogen-bond acceptors (Lipinski definition) is 5. The van der Waals surface area contributed by atoms with Crippen molar-refractivity contribution in [3.63, 3.8) is 0 Å². The molecule has 0 bridgehead atoms. The number of hydrogen-bond donors (Lipinski definition) is 0. The Labute approximate surface area is 127 Å². The average molecular weight is 326 g/mol. The van der Waals surface area contributed by atoms with E-state index < -0.39 is 10.0 Å². The van der Waals surface area contributed by atoms with Crippen molar-refractivity contribution in [1.29, 1.82) is 0 Å². The Morgan fingerprint density at radius 3 is 2.86 bits per heavy atom. The van der Waals surface area contributed by atoms with E-state index in [0.717, 1.165) is 11.3 Å². The van der Waals surface area contributed by atoms with Crippen molar-refractivity contribution in [2.45, 2.75) is 18.0 Å². The maximum Gasteiger partial charge on any atom is 0.247 e. The topological polar surface area (TPSA) is 72.4 Å². The summed E-state index contributed by atoms with van der Waals surface area (Å²) in [6, 6.07) is 4.52. The number of halogens is 1. The Bertz CT molecular complexity index is 770. The zero-order chi connectivity index (χ0) is 15.0. The van der Waals surface area contributed by atoms with Gasteiger partial charge >= 0.3 is 0 Å². The lowest BCUT2D eigenvalue weighted by Crippen LogP contribution is -2.26. The van der Waals surface area contributed by atoms with E-state index in [4.69, 9.17) is 16.3 Å². The van der Waals surface area contributed by atoms with Crippen LogP contribution in [-0.4, -0.2) is 29.8 Å². The molecule has 0 amide bonds. The number of sulfonamides is 1. The van der Waals surface area contributed by atoms with E-state index in [1.165, 1.54) is 29.9 Å². The summed E-state index contributed by atoms with van der Waals surface area (Å²) in [5.41, 5.74) is 1.52. The molecule has 2 aromatic rings. The van der Waals surface area contributed by atoms with Gasteiger partial charge in [0.05, 0.1) is 19.3 Å². The van der Waals surface area contributed by atoms with Gasteiger partial charge < -0.3 is 4.74 Å². The van der Waals surface area contributed by atoms with Crippen molar-refractivity contribution in [2.75, 3.05) is 7.11 Å². The largest absolute Gasteiger partial charge is 0.495 e. The fourth-order valence-electron chi connectivity index (χ4n) is 2.23. The number of ether oxygens (including phenoxy) is 1. The van der Waals surface area contributed by atoms with Crippen LogP contribution in [0.4, 0.5) is 0 Å². The summed E-state index contributed by atoms with van der Waals surface area (Å²) >= 11 is 5.91. The van der Waals surface area contributed by atoms with Gasteiger partial charge in [-0.3, -0.25) is 0 Å². The van der Waals surface area contributed by atoms with Crippen molar-refractivity contribution < 1.29 is 13.2 Å². The normalized spacial score (nSPS) is 15.0. The zero-order valence-electron chi connectivity index (χ0n) is 11.2. The van der Waals surface area contributed by atoms with Crippen LogP contribution in [0.25, 0.3) is 0 Å². The van der Waals surface area contributed by atoms with Gasteiger partial charge in [0.2, 0.25) is 10.0 Å². The Morgan fingerprint density at radius 2 is 2.14 bits per heavy atom. The molecule has 0 saturated heterocycles. The lowest BCUT2D eigenvalue weighted by atomic mass is 10.3. The lowest BCUT2D eigenvalue weighted by Gasteiger charge is -2.17.